The van der Waals surface area contributed by atoms with Gasteiger partial charge in [-0.3, -0.25) is 0 Å². The second-order valence-corrected chi connectivity index (χ2v) is 7.74. The third-order valence-electron chi connectivity index (χ3n) is 4.30. The molecule has 19 heavy (non-hydrogen) atoms. The van der Waals surface area contributed by atoms with Crippen molar-refractivity contribution in [1.82, 2.24) is 4.31 Å². The smallest absolute Gasteiger partial charge is 0.213 e. The molecule has 0 spiro atoms. The van der Waals surface area contributed by atoms with Gasteiger partial charge in [0, 0.05) is 31.7 Å². The van der Waals surface area contributed by atoms with Crippen molar-refractivity contribution in [2.24, 2.45) is 5.41 Å². The number of fused-ring (bicyclic) bond motifs is 1. The summed E-state index contributed by atoms with van der Waals surface area (Å²) in [6, 6.07) is 0. The van der Waals surface area contributed by atoms with Gasteiger partial charge in [-0.05, 0) is 33.1 Å². The number of piperidine rings is 1. The maximum Gasteiger partial charge on any atom is 0.213 e. The molecular weight excluding hydrogens is 266 g/mol. The van der Waals surface area contributed by atoms with E-state index in [0.29, 0.717) is 26.3 Å². The fraction of sp³-hybridized carbons (Fsp3) is 1.00. The zero-order chi connectivity index (χ0) is 13.9. The van der Waals surface area contributed by atoms with E-state index in [1.807, 2.05) is 6.92 Å². The van der Waals surface area contributed by atoms with Gasteiger partial charge in [-0.1, -0.05) is 0 Å². The summed E-state index contributed by atoms with van der Waals surface area (Å²) in [7, 11) is -3.11. The van der Waals surface area contributed by atoms with E-state index in [1.165, 1.54) is 0 Å². The van der Waals surface area contributed by atoms with E-state index in [0.717, 1.165) is 25.9 Å². The lowest BCUT2D eigenvalue weighted by molar-refractivity contribution is -0.141. The Morgan fingerprint density at radius 3 is 2.89 bits per heavy atom. The Morgan fingerprint density at radius 1 is 1.42 bits per heavy atom. The van der Waals surface area contributed by atoms with E-state index in [9.17, 15) is 8.42 Å². The van der Waals surface area contributed by atoms with Crippen LogP contribution < -0.4 is 0 Å². The summed E-state index contributed by atoms with van der Waals surface area (Å²) in [6.45, 7) is 6.85. The molecule has 2 saturated heterocycles. The maximum absolute atomic E-state index is 12.1. The van der Waals surface area contributed by atoms with Crippen molar-refractivity contribution in [2.45, 2.75) is 39.2 Å². The molecule has 6 heteroatoms. The minimum atomic E-state index is -3.11. The Balaban J connectivity index is 2.16. The van der Waals surface area contributed by atoms with Gasteiger partial charge >= 0.3 is 0 Å². The third-order valence-corrected chi connectivity index (χ3v) is 6.13. The normalized spacial score (nSPS) is 33.1. The first-order chi connectivity index (χ1) is 9.04. The zero-order valence-electron chi connectivity index (χ0n) is 11.9. The molecule has 0 aromatic heterocycles. The van der Waals surface area contributed by atoms with Gasteiger partial charge in [0.15, 0.2) is 0 Å². The lowest BCUT2D eigenvalue weighted by Gasteiger charge is -2.49. The van der Waals surface area contributed by atoms with Gasteiger partial charge < -0.3 is 9.47 Å². The summed E-state index contributed by atoms with van der Waals surface area (Å²) in [5, 5.41) is 0. The molecule has 2 rings (SSSR count). The summed E-state index contributed by atoms with van der Waals surface area (Å²) >= 11 is 0. The Kier molecular flexibility index (Phi) is 4.87. The molecule has 0 N–H and O–H groups in total. The van der Waals surface area contributed by atoms with Gasteiger partial charge in [-0.25, -0.2) is 12.7 Å². The van der Waals surface area contributed by atoms with Crippen LogP contribution in [-0.4, -0.2) is 57.5 Å². The highest BCUT2D eigenvalue weighted by Crippen LogP contribution is 2.41. The number of nitrogens with zero attached hydrogens (tertiary/aromatic N) is 1. The first-order valence-corrected chi connectivity index (χ1v) is 8.82. The van der Waals surface area contributed by atoms with Crippen LogP contribution in [0, 0.1) is 5.41 Å². The molecule has 2 atom stereocenters. The molecule has 0 radical (unpaired) electrons. The van der Waals surface area contributed by atoms with Crippen LogP contribution in [0.4, 0.5) is 0 Å². The van der Waals surface area contributed by atoms with Gasteiger partial charge in [-0.15, -0.1) is 0 Å². The standard InChI is InChI=1S/C13H25NO4S/c1-3-17-11-13-7-5-9-18-12(13)6-8-14(10-13)19(15,16)4-2/h12H,3-11H2,1-2H3. The van der Waals surface area contributed by atoms with Crippen molar-refractivity contribution in [3.8, 4) is 0 Å². The van der Waals surface area contributed by atoms with Crippen molar-refractivity contribution in [2.75, 3.05) is 38.7 Å². The molecule has 0 saturated carbocycles. The SMILES string of the molecule is CCOCC12CCCOC1CCN(S(=O)(=O)CC)C2. The second kappa shape index (κ2) is 6.08. The Hall–Kier alpha value is -0.170. The van der Waals surface area contributed by atoms with Gasteiger partial charge in [0.05, 0.1) is 18.5 Å². The minimum absolute atomic E-state index is 0.144. The number of ether oxygens (including phenoxy) is 2. The number of hydrogen-bond acceptors (Lipinski definition) is 4. The van der Waals surface area contributed by atoms with Gasteiger partial charge in [0.1, 0.15) is 0 Å². The summed E-state index contributed by atoms with van der Waals surface area (Å²) in [4.78, 5) is 0. The molecule has 0 bridgehead atoms. The molecule has 0 aromatic carbocycles. The van der Waals surface area contributed by atoms with E-state index in [-0.39, 0.29) is 17.3 Å². The fourth-order valence-corrected chi connectivity index (χ4v) is 4.39. The summed E-state index contributed by atoms with van der Waals surface area (Å²) in [5.41, 5.74) is -0.144. The molecule has 0 aromatic rings. The predicted octanol–water partition coefficient (Wildman–Crippen LogP) is 1.24. The van der Waals surface area contributed by atoms with Gasteiger partial charge in [-0.2, -0.15) is 0 Å². The van der Waals surface area contributed by atoms with Crippen LogP contribution in [-0.2, 0) is 19.5 Å². The summed E-state index contributed by atoms with van der Waals surface area (Å²) in [5.74, 6) is 0.170. The van der Waals surface area contributed by atoms with Crippen LogP contribution in [0.15, 0.2) is 0 Å². The highest BCUT2D eigenvalue weighted by molar-refractivity contribution is 7.89. The van der Waals surface area contributed by atoms with Crippen LogP contribution in [0.1, 0.15) is 33.1 Å². The average molecular weight is 291 g/mol. The van der Waals surface area contributed by atoms with E-state index in [1.54, 1.807) is 11.2 Å². The molecule has 0 aliphatic carbocycles. The van der Waals surface area contributed by atoms with Crippen molar-refractivity contribution in [1.29, 1.82) is 0 Å². The predicted molar refractivity (Wildman–Crippen MR) is 73.6 cm³/mol. The topological polar surface area (TPSA) is 55.8 Å². The van der Waals surface area contributed by atoms with E-state index >= 15 is 0 Å². The third kappa shape index (κ3) is 3.12. The lowest BCUT2D eigenvalue weighted by Crippen LogP contribution is -2.58. The average Bonchev–Trinajstić information content (AvgIpc) is 2.44. The van der Waals surface area contributed by atoms with Crippen molar-refractivity contribution < 1.29 is 17.9 Å². The molecule has 2 aliphatic heterocycles. The van der Waals surface area contributed by atoms with Crippen molar-refractivity contribution >= 4 is 10.0 Å². The fourth-order valence-electron chi connectivity index (χ4n) is 3.19. The molecule has 2 unspecified atom stereocenters. The van der Waals surface area contributed by atoms with Crippen LogP contribution >= 0.6 is 0 Å². The monoisotopic (exact) mass is 291 g/mol. The molecule has 0 amide bonds. The van der Waals surface area contributed by atoms with Crippen molar-refractivity contribution in [3.05, 3.63) is 0 Å². The first kappa shape index (κ1) is 15.2. The van der Waals surface area contributed by atoms with E-state index < -0.39 is 10.0 Å². The van der Waals surface area contributed by atoms with E-state index in [2.05, 4.69) is 0 Å². The summed E-state index contributed by atoms with van der Waals surface area (Å²) < 4.78 is 37.3. The number of sulfonamides is 1. The van der Waals surface area contributed by atoms with Crippen LogP contribution in [0.3, 0.4) is 0 Å². The second-order valence-electron chi connectivity index (χ2n) is 5.49. The zero-order valence-corrected chi connectivity index (χ0v) is 12.7. The molecular formula is C13H25NO4S. The molecule has 2 aliphatic rings. The molecule has 2 fully saturated rings. The van der Waals surface area contributed by atoms with Crippen LogP contribution in [0.2, 0.25) is 0 Å². The Morgan fingerprint density at radius 2 is 2.21 bits per heavy atom. The van der Waals surface area contributed by atoms with Gasteiger partial charge in [0.25, 0.3) is 0 Å². The molecule has 5 nitrogen and oxygen atoms in total. The minimum Gasteiger partial charge on any atom is -0.381 e. The van der Waals surface area contributed by atoms with Crippen LogP contribution in [0.25, 0.3) is 0 Å². The highest BCUT2D eigenvalue weighted by atomic mass is 32.2. The van der Waals surface area contributed by atoms with Crippen molar-refractivity contribution in [3.63, 3.8) is 0 Å². The number of hydrogen-bond donors (Lipinski definition) is 0. The Labute approximate surface area is 116 Å². The first-order valence-electron chi connectivity index (χ1n) is 7.21. The quantitative estimate of drug-likeness (QED) is 0.765. The number of rotatable bonds is 5. The maximum atomic E-state index is 12.1. The largest absolute Gasteiger partial charge is 0.381 e. The molecule has 112 valence electrons. The van der Waals surface area contributed by atoms with E-state index in [4.69, 9.17) is 9.47 Å². The highest BCUT2D eigenvalue weighted by Gasteiger charge is 2.48. The summed E-state index contributed by atoms with van der Waals surface area (Å²) in [6.07, 6.45) is 2.92. The van der Waals surface area contributed by atoms with Crippen LogP contribution in [0.5, 0.6) is 0 Å². The van der Waals surface area contributed by atoms with Gasteiger partial charge in [0.2, 0.25) is 10.0 Å². The lowest BCUT2D eigenvalue weighted by atomic mass is 9.73. The molecule has 2 heterocycles. The Bertz CT molecular complexity index is 397.